The molecule has 1 aromatic rings. The van der Waals surface area contributed by atoms with Crippen LogP contribution in [-0.2, 0) is 16.1 Å². The first-order valence-electron chi connectivity index (χ1n) is 9.47. The molecule has 0 bridgehead atoms. The Bertz CT molecular complexity index is 625. The first-order valence-corrected chi connectivity index (χ1v) is 10.3. The van der Waals surface area contributed by atoms with Crippen molar-refractivity contribution in [2.24, 2.45) is 4.99 Å². The van der Waals surface area contributed by atoms with Crippen LogP contribution in [0.5, 0.6) is 0 Å². The molecule has 0 atom stereocenters. The van der Waals surface area contributed by atoms with Crippen LogP contribution in [0, 0.1) is 13.8 Å². The lowest BCUT2D eigenvalue weighted by molar-refractivity contribution is -0.122. The van der Waals surface area contributed by atoms with E-state index >= 15 is 0 Å². The van der Waals surface area contributed by atoms with Crippen molar-refractivity contribution in [1.82, 2.24) is 25.4 Å². The Kier molecular flexibility index (Phi) is 8.96. The van der Waals surface area contributed by atoms with Crippen molar-refractivity contribution in [1.29, 1.82) is 0 Å². The standard InChI is InChI=1S/C18H32N6O2S/c1-5-19-18(21-12-16-14(2)22-15(3)27-16)24-9-7-23(8-10-24)13-17(25)20-6-11-26-4/h5-13H2,1-4H3,(H,19,21)(H,20,25). The molecule has 0 radical (unpaired) electrons. The van der Waals surface area contributed by atoms with E-state index in [0.29, 0.717) is 26.2 Å². The molecule has 2 heterocycles. The third-order valence-electron chi connectivity index (χ3n) is 4.37. The van der Waals surface area contributed by atoms with Gasteiger partial charge in [-0.3, -0.25) is 9.69 Å². The second-order valence-electron chi connectivity index (χ2n) is 6.52. The highest BCUT2D eigenvalue weighted by atomic mass is 32.1. The van der Waals surface area contributed by atoms with Gasteiger partial charge in [0.15, 0.2) is 5.96 Å². The third kappa shape index (κ3) is 7.08. The molecule has 0 aromatic carbocycles. The summed E-state index contributed by atoms with van der Waals surface area (Å²) in [7, 11) is 1.63. The topological polar surface area (TPSA) is 82.1 Å². The fourth-order valence-corrected chi connectivity index (χ4v) is 3.82. The summed E-state index contributed by atoms with van der Waals surface area (Å²) in [5.74, 6) is 0.990. The highest BCUT2D eigenvalue weighted by molar-refractivity contribution is 7.11. The number of nitrogens with one attached hydrogen (secondary N) is 2. The zero-order chi connectivity index (χ0) is 19.6. The molecule has 2 rings (SSSR count). The Labute approximate surface area is 166 Å². The van der Waals surface area contributed by atoms with Crippen LogP contribution in [0.15, 0.2) is 4.99 Å². The lowest BCUT2D eigenvalue weighted by Crippen LogP contribution is -2.54. The molecule has 0 aliphatic carbocycles. The van der Waals surface area contributed by atoms with E-state index in [1.165, 1.54) is 4.88 Å². The van der Waals surface area contributed by atoms with Gasteiger partial charge in [-0.05, 0) is 20.8 Å². The quantitative estimate of drug-likeness (QED) is 0.381. The molecule has 1 saturated heterocycles. The van der Waals surface area contributed by atoms with Gasteiger partial charge in [0.2, 0.25) is 5.91 Å². The number of aryl methyl sites for hydroxylation is 2. The molecular formula is C18H32N6O2S. The first-order chi connectivity index (χ1) is 13.0. The number of methoxy groups -OCH3 is 1. The molecular weight excluding hydrogens is 364 g/mol. The number of aromatic nitrogens is 1. The highest BCUT2D eigenvalue weighted by Crippen LogP contribution is 2.18. The summed E-state index contributed by atoms with van der Waals surface area (Å²) in [6.45, 7) is 12.6. The summed E-state index contributed by atoms with van der Waals surface area (Å²) < 4.78 is 4.95. The number of rotatable bonds is 8. The maximum absolute atomic E-state index is 11.9. The van der Waals surface area contributed by atoms with E-state index in [4.69, 9.17) is 9.73 Å². The lowest BCUT2D eigenvalue weighted by Gasteiger charge is -2.36. The number of guanidine groups is 1. The summed E-state index contributed by atoms with van der Waals surface area (Å²) in [5, 5.41) is 7.34. The van der Waals surface area contributed by atoms with Crippen LogP contribution < -0.4 is 10.6 Å². The normalized spacial score (nSPS) is 15.9. The number of carbonyl (C=O) groups is 1. The smallest absolute Gasteiger partial charge is 0.234 e. The minimum Gasteiger partial charge on any atom is -0.383 e. The number of hydrogen-bond donors (Lipinski definition) is 2. The van der Waals surface area contributed by atoms with E-state index in [1.54, 1.807) is 18.4 Å². The van der Waals surface area contributed by atoms with Crippen molar-refractivity contribution >= 4 is 23.2 Å². The van der Waals surface area contributed by atoms with Crippen molar-refractivity contribution in [2.75, 3.05) is 59.5 Å². The number of amides is 1. The van der Waals surface area contributed by atoms with Crippen LogP contribution in [0.4, 0.5) is 0 Å². The zero-order valence-electron chi connectivity index (χ0n) is 16.9. The molecule has 0 saturated carbocycles. The lowest BCUT2D eigenvalue weighted by atomic mass is 10.3. The Balaban J connectivity index is 1.84. The summed E-state index contributed by atoms with van der Waals surface area (Å²) in [6, 6.07) is 0. The fourth-order valence-electron chi connectivity index (χ4n) is 2.96. The van der Waals surface area contributed by atoms with Gasteiger partial charge in [0.05, 0.1) is 30.4 Å². The maximum Gasteiger partial charge on any atom is 0.234 e. The van der Waals surface area contributed by atoms with Crippen LogP contribution in [0.1, 0.15) is 22.5 Å². The number of nitrogens with zero attached hydrogens (tertiary/aromatic N) is 4. The van der Waals surface area contributed by atoms with Crippen molar-refractivity contribution in [3.8, 4) is 0 Å². The largest absolute Gasteiger partial charge is 0.383 e. The van der Waals surface area contributed by atoms with Gasteiger partial charge in [0.1, 0.15) is 0 Å². The van der Waals surface area contributed by atoms with Crippen molar-refractivity contribution in [3.63, 3.8) is 0 Å². The summed E-state index contributed by atoms with van der Waals surface area (Å²) in [6.07, 6.45) is 0. The summed E-state index contributed by atoms with van der Waals surface area (Å²) >= 11 is 1.71. The summed E-state index contributed by atoms with van der Waals surface area (Å²) in [4.78, 5) is 26.9. The van der Waals surface area contributed by atoms with E-state index in [9.17, 15) is 4.79 Å². The Morgan fingerprint density at radius 3 is 2.59 bits per heavy atom. The van der Waals surface area contributed by atoms with E-state index in [1.807, 2.05) is 13.8 Å². The molecule has 152 valence electrons. The summed E-state index contributed by atoms with van der Waals surface area (Å²) in [5.41, 5.74) is 1.07. The zero-order valence-corrected chi connectivity index (χ0v) is 17.7. The molecule has 1 aliphatic heterocycles. The average molecular weight is 397 g/mol. The van der Waals surface area contributed by atoms with E-state index in [2.05, 4.69) is 32.3 Å². The number of ether oxygens (including phenoxy) is 1. The van der Waals surface area contributed by atoms with Gasteiger partial charge >= 0.3 is 0 Å². The van der Waals surface area contributed by atoms with Gasteiger partial charge in [-0.15, -0.1) is 11.3 Å². The average Bonchev–Trinajstić information content (AvgIpc) is 2.97. The van der Waals surface area contributed by atoms with E-state index < -0.39 is 0 Å². The molecule has 8 nitrogen and oxygen atoms in total. The predicted molar refractivity (Wildman–Crippen MR) is 109 cm³/mol. The molecule has 1 aromatic heterocycles. The molecule has 2 N–H and O–H groups in total. The second-order valence-corrected chi connectivity index (χ2v) is 7.81. The van der Waals surface area contributed by atoms with Crippen molar-refractivity contribution in [3.05, 3.63) is 15.6 Å². The molecule has 1 fully saturated rings. The minimum atomic E-state index is 0.0529. The Hall–Kier alpha value is -1.71. The van der Waals surface area contributed by atoms with Crippen LogP contribution in [0.25, 0.3) is 0 Å². The Morgan fingerprint density at radius 2 is 2.00 bits per heavy atom. The van der Waals surface area contributed by atoms with Crippen molar-refractivity contribution < 1.29 is 9.53 Å². The minimum absolute atomic E-state index is 0.0529. The SMILES string of the molecule is CCNC(=NCc1sc(C)nc1C)N1CCN(CC(=O)NCCOC)CC1. The predicted octanol–water partition coefficient (Wildman–Crippen LogP) is 0.606. The van der Waals surface area contributed by atoms with Gasteiger partial charge in [-0.25, -0.2) is 9.98 Å². The Morgan fingerprint density at radius 1 is 1.26 bits per heavy atom. The number of carbonyl (C=O) groups excluding carboxylic acids is 1. The number of hydrogen-bond acceptors (Lipinski definition) is 6. The molecule has 0 unspecified atom stereocenters. The van der Waals surface area contributed by atoms with Crippen LogP contribution >= 0.6 is 11.3 Å². The molecule has 27 heavy (non-hydrogen) atoms. The van der Waals surface area contributed by atoms with Gasteiger partial charge in [0, 0.05) is 51.3 Å². The second kappa shape index (κ2) is 11.2. The molecule has 9 heteroatoms. The van der Waals surface area contributed by atoms with E-state index in [0.717, 1.165) is 49.4 Å². The molecule has 0 spiro atoms. The molecule has 1 aliphatic rings. The fraction of sp³-hybridized carbons (Fsp3) is 0.722. The van der Waals surface area contributed by atoms with Gasteiger partial charge in [0.25, 0.3) is 0 Å². The van der Waals surface area contributed by atoms with Gasteiger partial charge < -0.3 is 20.3 Å². The van der Waals surface area contributed by atoms with E-state index in [-0.39, 0.29) is 5.91 Å². The van der Waals surface area contributed by atoms with Crippen LogP contribution in [0.2, 0.25) is 0 Å². The number of piperazine rings is 1. The first kappa shape index (κ1) is 21.6. The van der Waals surface area contributed by atoms with Crippen LogP contribution in [-0.4, -0.2) is 86.2 Å². The van der Waals surface area contributed by atoms with Gasteiger partial charge in [-0.1, -0.05) is 0 Å². The monoisotopic (exact) mass is 396 g/mol. The number of aliphatic imine (C=N–C) groups is 1. The highest BCUT2D eigenvalue weighted by Gasteiger charge is 2.21. The maximum atomic E-state index is 11.9. The molecule has 1 amide bonds. The van der Waals surface area contributed by atoms with Gasteiger partial charge in [-0.2, -0.15) is 0 Å². The number of thiazole rings is 1. The van der Waals surface area contributed by atoms with Crippen LogP contribution in [0.3, 0.4) is 0 Å². The third-order valence-corrected chi connectivity index (χ3v) is 5.43. The van der Waals surface area contributed by atoms with Crippen molar-refractivity contribution in [2.45, 2.75) is 27.3 Å².